The molecule has 22 heavy (non-hydrogen) atoms. The Balaban J connectivity index is 6.21. The lowest BCUT2D eigenvalue weighted by Gasteiger charge is -2.36. The van der Waals surface area contributed by atoms with Crippen LogP contribution < -0.4 is 0 Å². The van der Waals surface area contributed by atoms with Gasteiger partial charge in [-0.25, -0.2) is 0 Å². The standard InChI is InChI=1S/C14H18O8/c1-3-5-14(6-4-2,13(21)22)10(12(19)20)8(11(17)18)7-9(15)16/h3-4,8,10H,1-2,5-7H2,(H,15,16)(H,17,18)(H,19,20)(H,21,22). The Labute approximate surface area is 126 Å². The zero-order valence-corrected chi connectivity index (χ0v) is 11.8. The average Bonchev–Trinajstić information content (AvgIpc) is 2.36. The van der Waals surface area contributed by atoms with E-state index in [-0.39, 0.29) is 12.8 Å². The number of aliphatic carboxylic acids is 4. The average molecular weight is 314 g/mol. The van der Waals surface area contributed by atoms with Crippen molar-refractivity contribution >= 4 is 23.9 Å². The van der Waals surface area contributed by atoms with Crippen LogP contribution in [0.3, 0.4) is 0 Å². The molecule has 0 spiro atoms. The van der Waals surface area contributed by atoms with Crippen molar-refractivity contribution in [2.24, 2.45) is 17.3 Å². The van der Waals surface area contributed by atoms with Crippen LogP contribution in [0.25, 0.3) is 0 Å². The summed E-state index contributed by atoms with van der Waals surface area (Å²) in [5, 5.41) is 36.8. The van der Waals surface area contributed by atoms with Crippen LogP contribution in [-0.2, 0) is 19.2 Å². The fourth-order valence-corrected chi connectivity index (χ4v) is 2.49. The molecule has 0 aliphatic heterocycles. The van der Waals surface area contributed by atoms with Gasteiger partial charge in [-0.05, 0) is 12.8 Å². The van der Waals surface area contributed by atoms with Crippen LogP contribution in [0.5, 0.6) is 0 Å². The third kappa shape index (κ3) is 4.18. The molecule has 122 valence electrons. The lowest BCUT2D eigenvalue weighted by atomic mass is 9.64. The van der Waals surface area contributed by atoms with Gasteiger partial charge in [0.1, 0.15) is 0 Å². The first-order chi connectivity index (χ1) is 10.1. The lowest BCUT2D eigenvalue weighted by molar-refractivity contribution is -0.172. The molecule has 0 aromatic carbocycles. The minimum atomic E-state index is -2.03. The summed E-state index contributed by atoms with van der Waals surface area (Å²) in [6, 6.07) is 0. The summed E-state index contributed by atoms with van der Waals surface area (Å²) in [5.41, 5.74) is -2.03. The van der Waals surface area contributed by atoms with Gasteiger partial charge in [-0.2, -0.15) is 0 Å². The normalized spacial score (nSPS) is 13.6. The van der Waals surface area contributed by atoms with Gasteiger partial charge in [-0.3, -0.25) is 19.2 Å². The van der Waals surface area contributed by atoms with Crippen molar-refractivity contribution in [3.8, 4) is 0 Å². The van der Waals surface area contributed by atoms with Crippen LogP contribution in [0.4, 0.5) is 0 Å². The van der Waals surface area contributed by atoms with E-state index in [2.05, 4.69) is 13.2 Å². The predicted octanol–water partition coefficient (Wildman–Crippen LogP) is 1.09. The summed E-state index contributed by atoms with van der Waals surface area (Å²) < 4.78 is 0. The summed E-state index contributed by atoms with van der Waals surface area (Å²) >= 11 is 0. The second kappa shape index (κ2) is 7.96. The molecule has 0 aromatic heterocycles. The molecule has 0 aliphatic rings. The molecule has 0 aromatic rings. The Bertz CT molecular complexity index is 483. The Morgan fingerprint density at radius 1 is 0.909 bits per heavy atom. The van der Waals surface area contributed by atoms with E-state index in [1.54, 1.807) is 0 Å². The molecular formula is C14H18O8. The Kier molecular flexibility index (Phi) is 7.01. The maximum Gasteiger partial charge on any atom is 0.311 e. The summed E-state index contributed by atoms with van der Waals surface area (Å²) in [6.45, 7) is 6.73. The van der Waals surface area contributed by atoms with Crippen molar-refractivity contribution in [3.05, 3.63) is 25.3 Å². The van der Waals surface area contributed by atoms with Crippen LogP contribution >= 0.6 is 0 Å². The van der Waals surface area contributed by atoms with E-state index in [1.165, 1.54) is 0 Å². The molecule has 0 bridgehead atoms. The van der Waals surface area contributed by atoms with E-state index in [0.29, 0.717) is 0 Å². The summed E-state index contributed by atoms with van der Waals surface area (Å²) in [7, 11) is 0. The highest BCUT2D eigenvalue weighted by atomic mass is 16.4. The molecule has 0 saturated heterocycles. The van der Waals surface area contributed by atoms with Crippen molar-refractivity contribution in [1.29, 1.82) is 0 Å². The first-order valence-electron chi connectivity index (χ1n) is 6.26. The molecular weight excluding hydrogens is 296 g/mol. The molecule has 0 aliphatic carbocycles. The predicted molar refractivity (Wildman–Crippen MR) is 74.2 cm³/mol. The third-order valence-electron chi connectivity index (χ3n) is 3.42. The van der Waals surface area contributed by atoms with E-state index in [0.717, 1.165) is 12.2 Å². The largest absolute Gasteiger partial charge is 0.481 e. The Morgan fingerprint density at radius 3 is 1.59 bits per heavy atom. The van der Waals surface area contributed by atoms with Gasteiger partial charge in [0, 0.05) is 0 Å². The number of carbonyl (C=O) groups is 4. The minimum absolute atomic E-state index is 0.339. The molecule has 8 heteroatoms. The van der Waals surface area contributed by atoms with Crippen molar-refractivity contribution < 1.29 is 39.6 Å². The molecule has 2 unspecified atom stereocenters. The topological polar surface area (TPSA) is 149 Å². The van der Waals surface area contributed by atoms with Gasteiger partial charge in [0.25, 0.3) is 0 Å². The number of carboxylic acid groups (broad SMARTS) is 4. The Morgan fingerprint density at radius 2 is 1.36 bits per heavy atom. The minimum Gasteiger partial charge on any atom is -0.481 e. The van der Waals surface area contributed by atoms with Gasteiger partial charge in [-0.15, -0.1) is 13.2 Å². The summed E-state index contributed by atoms with van der Waals surface area (Å²) in [5.74, 6) is -10.3. The number of rotatable bonds is 11. The Hall–Kier alpha value is -2.64. The fraction of sp³-hybridized carbons (Fsp3) is 0.429. The van der Waals surface area contributed by atoms with Gasteiger partial charge in [0.2, 0.25) is 0 Å². The van der Waals surface area contributed by atoms with Crippen molar-refractivity contribution in [3.63, 3.8) is 0 Å². The van der Waals surface area contributed by atoms with Crippen molar-refractivity contribution in [2.75, 3.05) is 0 Å². The molecule has 0 heterocycles. The van der Waals surface area contributed by atoms with E-state index in [9.17, 15) is 29.4 Å². The summed E-state index contributed by atoms with van der Waals surface area (Å²) in [4.78, 5) is 45.3. The highest BCUT2D eigenvalue weighted by Crippen LogP contribution is 2.42. The maximum atomic E-state index is 11.7. The van der Waals surface area contributed by atoms with Crippen LogP contribution in [0.15, 0.2) is 25.3 Å². The van der Waals surface area contributed by atoms with Crippen molar-refractivity contribution in [1.82, 2.24) is 0 Å². The van der Waals surface area contributed by atoms with Gasteiger partial charge in [0.05, 0.1) is 23.7 Å². The first-order valence-corrected chi connectivity index (χ1v) is 6.26. The highest BCUT2D eigenvalue weighted by Gasteiger charge is 2.54. The maximum absolute atomic E-state index is 11.7. The molecule has 4 N–H and O–H groups in total. The van der Waals surface area contributed by atoms with Crippen LogP contribution in [-0.4, -0.2) is 44.3 Å². The van der Waals surface area contributed by atoms with Gasteiger partial charge in [0.15, 0.2) is 0 Å². The third-order valence-corrected chi connectivity index (χ3v) is 3.42. The molecule has 0 saturated carbocycles. The molecule has 0 radical (unpaired) electrons. The first kappa shape index (κ1) is 19.4. The monoisotopic (exact) mass is 314 g/mol. The second-order valence-corrected chi connectivity index (χ2v) is 4.81. The van der Waals surface area contributed by atoms with E-state index in [1.807, 2.05) is 0 Å². The summed E-state index contributed by atoms with van der Waals surface area (Å²) in [6.07, 6.45) is 0.638. The number of carboxylic acids is 4. The van der Waals surface area contributed by atoms with Gasteiger partial charge >= 0.3 is 23.9 Å². The molecule has 0 fully saturated rings. The van der Waals surface area contributed by atoms with E-state index < -0.39 is 47.5 Å². The quantitative estimate of drug-likeness (QED) is 0.414. The molecule has 0 amide bonds. The van der Waals surface area contributed by atoms with E-state index in [4.69, 9.17) is 10.2 Å². The van der Waals surface area contributed by atoms with Crippen LogP contribution in [0, 0.1) is 17.3 Å². The van der Waals surface area contributed by atoms with Crippen LogP contribution in [0.1, 0.15) is 19.3 Å². The molecule has 0 rings (SSSR count). The number of hydrogen-bond acceptors (Lipinski definition) is 4. The highest BCUT2D eigenvalue weighted by molar-refractivity contribution is 5.89. The van der Waals surface area contributed by atoms with Gasteiger partial charge in [-0.1, -0.05) is 12.2 Å². The zero-order valence-electron chi connectivity index (χ0n) is 11.8. The van der Waals surface area contributed by atoms with Crippen LogP contribution in [0.2, 0.25) is 0 Å². The fourth-order valence-electron chi connectivity index (χ4n) is 2.49. The number of allylic oxidation sites excluding steroid dienone is 2. The second-order valence-electron chi connectivity index (χ2n) is 4.81. The lowest BCUT2D eigenvalue weighted by Crippen LogP contribution is -2.48. The molecule has 8 nitrogen and oxygen atoms in total. The molecule has 2 atom stereocenters. The number of hydrogen-bond donors (Lipinski definition) is 4. The smallest absolute Gasteiger partial charge is 0.311 e. The van der Waals surface area contributed by atoms with Gasteiger partial charge < -0.3 is 20.4 Å². The SMILES string of the molecule is C=CCC(CC=C)(C(=O)O)C(C(=O)O)C(CC(=O)O)C(=O)O. The van der Waals surface area contributed by atoms with Crippen molar-refractivity contribution in [2.45, 2.75) is 19.3 Å². The zero-order chi connectivity index (χ0) is 17.5. The van der Waals surface area contributed by atoms with E-state index >= 15 is 0 Å².